The molecule has 0 aromatic heterocycles. The van der Waals surface area contributed by atoms with Crippen molar-refractivity contribution in [2.75, 3.05) is 16.8 Å². The van der Waals surface area contributed by atoms with E-state index in [0.29, 0.717) is 12.3 Å². The van der Waals surface area contributed by atoms with E-state index in [1.807, 2.05) is 23.1 Å². The molecule has 0 aliphatic carbocycles. The number of nitrogens with zero attached hydrogens (tertiary/aromatic N) is 1. The number of hydrogen-bond donors (Lipinski definition) is 0. The maximum absolute atomic E-state index is 12.4. The summed E-state index contributed by atoms with van der Waals surface area (Å²) in [5.74, 6) is 0.539. The zero-order valence-electron chi connectivity index (χ0n) is 11.8. The van der Waals surface area contributed by atoms with Gasteiger partial charge in [-0.25, -0.2) is 0 Å². The Labute approximate surface area is 133 Å². The summed E-state index contributed by atoms with van der Waals surface area (Å²) in [4.78, 5) is 14.3. The average molecular weight is 344 g/mol. The number of amides is 1. The highest BCUT2D eigenvalue weighted by atomic mass is 79.9. The first-order valence-corrected chi connectivity index (χ1v) is 8.41. The van der Waals surface area contributed by atoms with Crippen LogP contribution >= 0.6 is 15.9 Å². The molecule has 0 N–H and O–H groups in total. The number of carbonyl (C=O) groups is 1. The van der Waals surface area contributed by atoms with Crippen molar-refractivity contribution in [3.8, 4) is 0 Å². The molecule has 1 unspecified atom stereocenters. The zero-order chi connectivity index (χ0) is 14.7. The highest BCUT2D eigenvalue weighted by molar-refractivity contribution is 9.09. The Hall–Kier alpha value is -1.61. The van der Waals surface area contributed by atoms with E-state index >= 15 is 0 Å². The van der Waals surface area contributed by atoms with E-state index in [4.69, 9.17) is 0 Å². The summed E-state index contributed by atoms with van der Waals surface area (Å²) in [7, 11) is 0. The molecule has 0 fully saturated rings. The second-order valence-corrected chi connectivity index (χ2v) is 6.04. The number of aryl methyl sites for hydroxylation is 1. The van der Waals surface area contributed by atoms with Crippen LogP contribution in [0.4, 0.5) is 5.69 Å². The zero-order valence-corrected chi connectivity index (χ0v) is 13.4. The number of para-hydroxylation sites is 1. The summed E-state index contributed by atoms with van der Waals surface area (Å²) in [5.41, 5.74) is 3.62. The third-order valence-electron chi connectivity index (χ3n) is 4.05. The lowest BCUT2D eigenvalue weighted by Gasteiger charge is -2.32. The first kappa shape index (κ1) is 14.3. The Balaban J connectivity index is 1.88. The maximum atomic E-state index is 12.4. The van der Waals surface area contributed by atoms with Crippen molar-refractivity contribution < 1.29 is 4.79 Å². The summed E-state index contributed by atoms with van der Waals surface area (Å²) in [5, 5.41) is 0.850. The highest BCUT2D eigenvalue weighted by Gasteiger charge is 2.26. The average Bonchev–Trinajstić information content (AvgIpc) is 2.55. The number of anilines is 1. The molecule has 3 rings (SSSR count). The Kier molecular flexibility index (Phi) is 4.39. The van der Waals surface area contributed by atoms with Crippen LogP contribution in [0.1, 0.15) is 23.5 Å². The predicted octanol–water partition coefficient (Wildman–Crippen LogP) is 4.14. The van der Waals surface area contributed by atoms with Crippen LogP contribution in [0, 0.1) is 0 Å². The van der Waals surface area contributed by atoms with Gasteiger partial charge in [-0.05, 0) is 23.6 Å². The van der Waals surface area contributed by atoms with Gasteiger partial charge in [0, 0.05) is 29.9 Å². The van der Waals surface area contributed by atoms with Gasteiger partial charge in [-0.2, -0.15) is 0 Å². The van der Waals surface area contributed by atoms with Gasteiger partial charge in [0.2, 0.25) is 5.91 Å². The number of alkyl halides is 1. The lowest BCUT2D eigenvalue weighted by atomic mass is 9.96. The van der Waals surface area contributed by atoms with Crippen LogP contribution in [0.15, 0.2) is 54.6 Å². The third kappa shape index (κ3) is 3.03. The molecular formula is C18H18BrNO. The number of fused-ring (bicyclic) bond motifs is 1. The van der Waals surface area contributed by atoms with E-state index in [9.17, 15) is 4.79 Å². The molecule has 0 saturated heterocycles. The standard InChI is InChI=1S/C18H18BrNO/c19-12-16(14-6-2-1-3-7-14)13-20-17-9-5-4-8-15(17)10-11-18(20)21/h1-9,16H,10-13H2. The molecule has 0 bridgehead atoms. The molecule has 108 valence electrons. The van der Waals surface area contributed by atoms with Gasteiger partial charge < -0.3 is 4.90 Å². The fourth-order valence-corrected chi connectivity index (χ4v) is 3.46. The third-order valence-corrected chi connectivity index (χ3v) is 4.83. The second-order valence-electron chi connectivity index (χ2n) is 5.39. The van der Waals surface area contributed by atoms with E-state index in [2.05, 4.69) is 52.3 Å². The SMILES string of the molecule is O=C1CCc2ccccc2N1CC(CBr)c1ccccc1. The first-order chi connectivity index (χ1) is 10.3. The van der Waals surface area contributed by atoms with Crippen molar-refractivity contribution in [2.24, 2.45) is 0 Å². The number of hydrogen-bond acceptors (Lipinski definition) is 1. The summed E-state index contributed by atoms with van der Waals surface area (Å²) >= 11 is 3.60. The Bertz CT molecular complexity index is 626. The molecule has 1 aliphatic rings. The van der Waals surface area contributed by atoms with Crippen molar-refractivity contribution in [3.05, 3.63) is 65.7 Å². The van der Waals surface area contributed by atoms with Crippen LogP contribution < -0.4 is 4.90 Å². The molecule has 2 aromatic rings. The highest BCUT2D eigenvalue weighted by Crippen LogP contribution is 2.30. The normalized spacial score (nSPS) is 15.7. The molecule has 0 saturated carbocycles. The molecule has 1 atom stereocenters. The van der Waals surface area contributed by atoms with Gasteiger partial charge >= 0.3 is 0 Å². The summed E-state index contributed by atoms with van der Waals surface area (Å²) < 4.78 is 0. The van der Waals surface area contributed by atoms with Gasteiger partial charge in [-0.15, -0.1) is 0 Å². The number of benzene rings is 2. The fraction of sp³-hybridized carbons (Fsp3) is 0.278. The van der Waals surface area contributed by atoms with Gasteiger partial charge in [0.15, 0.2) is 0 Å². The van der Waals surface area contributed by atoms with Gasteiger partial charge in [0.05, 0.1) is 0 Å². The van der Waals surface area contributed by atoms with Gasteiger partial charge in [-0.1, -0.05) is 64.5 Å². The molecule has 0 radical (unpaired) electrons. The maximum Gasteiger partial charge on any atom is 0.227 e. The molecule has 21 heavy (non-hydrogen) atoms. The monoisotopic (exact) mass is 343 g/mol. The van der Waals surface area contributed by atoms with E-state index in [1.165, 1.54) is 11.1 Å². The molecule has 1 aliphatic heterocycles. The first-order valence-electron chi connectivity index (χ1n) is 7.29. The quantitative estimate of drug-likeness (QED) is 0.764. The predicted molar refractivity (Wildman–Crippen MR) is 90.1 cm³/mol. The van der Waals surface area contributed by atoms with Crippen LogP contribution in [0.5, 0.6) is 0 Å². The Morgan fingerprint density at radius 3 is 2.48 bits per heavy atom. The number of rotatable bonds is 4. The van der Waals surface area contributed by atoms with Gasteiger partial charge in [0.1, 0.15) is 0 Å². The van der Waals surface area contributed by atoms with Crippen LogP contribution in [-0.4, -0.2) is 17.8 Å². The molecule has 0 spiro atoms. The van der Waals surface area contributed by atoms with Crippen molar-refractivity contribution in [1.82, 2.24) is 0 Å². The Morgan fingerprint density at radius 2 is 1.71 bits per heavy atom. The molecular weight excluding hydrogens is 326 g/mol. The molecule has 2 nitrogen and oxygen atoms in total. The summed E-state index contributed by atoms with van der Waals surface area (Å²) in [6, 6.07) is 18.6. The molecule has 3 heteroatoms. The smallest absolute Gasteiger partial charge is 0.227 e. The van der Waals surface area contributed by atoms with Gasteiger partial charge in [0.25, 0.3) is 0 Å². The van der Waals surface area contributed by atoms with Crippen molar-refractivity contribution in [3.63, 3.8) is 0 Å². The molecule has 1 amide bonds. The minimum atomic E-state index is 0.232. The Morgan fingerprint density at radius 1 is 1.00 bits per heavy atom. The molecule has 1 heterocycles. The van der Waals surface area contributed by atoms with Crippen molar-refractivity contribution in [2.45, 2.75) is 18.8 Å². The van der Waals surface area contributed by atoms with E-state index < -0.39 is 0 Å². The molecule has 2 aromatic carbocycles. The second kappa shape index (κ2) is 6.44. The summed E-state index contributed by atoms with van der Waals surface area (Å²) in [6.45, 7) is 0.727. The van der Waals surface area contributed by atoms with E-state index in [0.717, 1.165) is 24.0 Å². The summed E-state index contributed by atoms with van der Waals surface area (Å²) in [6.07, 6.45) is 1.47. The van der Waals surface area contributed by atoms with Gasteiger partial charge in [-0.3, -0.25) is 4.79 Å². The topological polar surface area (TPSA) is 20.3 Å². The minimum absolute atomic E-state index is 0.232. The number of carbonyl (C=O) groups excluding carboxylic acids is 1. The minimum Gasteiger partial charge on any atom is -0.312 e. The number of halogens is 1. The van der Waals surface area contributed by atoms with Crippen molar-refractivity contribution in [1.29, 1.82) is 0 Å². The lowest BCUT2D eigenvalue weighted by molar-refractivity contribution is -0.118. The van der Waals surface area contributed by atoms with Crippen LogP contribution in [0.3, 0.4) is 0 Å². The fourth-order valence-electron chi connectivity index (χ4n) is 2.89. The van der Waals surface area contributed by atoms with E-state index in [1.54, 1.807) is 0 Å². The van der Waals surface area contributed by atoms with Crippen LogP contribution in [-0.2, 0) is 11.2 Å². The van der Waals surface area contributed by atoms with Crippen molar-refractivity contribution >= 4 is 27.5 Å². The van der Waals surface area contributed by atoms with Crippen LogP contribution in [0.2, 0.25) is 0 Å². The largest absolute Gasteiger partial charge is 0.312 e. The van der Waals surface area contributed by atoms with Crippen LogP contribution in [0.25, 0.3) is 0 Å². The lowest BCUT2D eigenvalue weighted by Crippen LogP contribution is -2.38. The van der Waals surface area contributed by atoms with E-state index in [-0.39, 0.29) is 5.91 Å².